The Morgan fingerprint density at radius 3 is 2.54 bits per heavy atom. The summed E-state index contributed by atoms with van der Waals surface area (Å²) in [6.45, 7) is 0. The number of hydrogen-bond donors (Lipinski definition) is 3. The summed E-state index contributed by atoms with van der Waals surface area (Å²) in [5.74, 6) is -0.536. The zero-order chi connectivity index (χ0) is 18.9. The number of halogens is 4. The Hall–Kier alpha value is -3.00. The fraction of sp³-hybridized carbons (Fsp3) is 0.0588. The number of amides is 1. The number of rotatable bonds is 3. The molecule has 1 aromatic heterocycles. The summed E-state index contributed by atoms with van der Waals surface area (Å²) in [4.78, 5) is 28.3. The minimum absolute atomic E-state index is 0.183. The van der Waals surface area contributed by atoms with E-state index in [9.17, 15) is 22.8 Å². The lowest BCUT2D eigenvalue weighted by atomic mass is 10.1. The molecule has 0 aliphatic heterocycles. The molecule has 0 fully saturated rings. The Morgan fingerprint density at radius 2 is 1.81 bits per heavy atom. The highest BCUT2D eigenvalue weighted by atomic mass is 35.5. The highest BCUT2D eigenvalue weighted by molar-refractivity contribution is 6.31. The molecular formula is C17H11ClF3N3O2. The lowest BCUT2D eigenvalue weighted by molar-refractivity contribution is -0.137. The predicted molar refractivity (Wildman–Crippen MR) is 93.0 cm³/mol. The molecule has 3 N–H and O–H groups in total. The molecule has 134 valence electrons. The smallest absolute Gasteiger partial charge is 0.322 e. The molecule has 0 atom stereocenters. The monoisotopic (exact) mass is 381 g/mol. The van der Waals surface area contributed by atoms with Gasteiger partial charge < -0.3 is 15.3 Å². The number of carbonyl (C=O) groups excluding carboxylic acids is 1. The van der Waals surface area contributed by atoms with E-state index in [1.54, 1.807) is 18.2 Å². The Labute approximate surface area is 149 Å². The van der Waals surface area contributed by atoms with Crippen molar-refractivity contribution in [2.45, 2.75) is 6.18 Å². The number of anilines is 1. The van der Waals surface area contributed by atoms with Gasteiger partial charge in [-0.2, -0.15) is 13.2 Å². The number of aromatic nitrogens is 2. The van der Waals surface area contributed by atoms with Crippen LogP contribution in [0, 0.1) is 0 Å². The van der Waals surface area contributed by atoms with E-state index in [0.29, 0.717) is 16.7 Å². The number of benzene rings is 2. The minimum atomic E-state index is -4.58. The van der Waals surface area contributed by atoms with Crippen molar-refractivity contribution in [3.63, 3.8) is 0 Å². The number of nitrogens with one attached hydrogen (secondary N) is 3. The van der Waals surface area contributed by atoms with Crippen LogP contribution in [-0.4, -0.2) is 15.9 Å². The van der Waals surface area contributed by atoms with E-state index < -0.39 is 22.7 Å². The van der Waals surface area contributed by atoms with E-state index in [-0.39, 0.29) is 11.3 Å². The summed E-state index contributed by atoms with van der Waals surface area (Å²) >= 11 is 5.55. The first kappa shape index (κ1) is 17.8. The quantitative estimate of drug-likeness (QED) is 0.595. The van der Waals surface area contributed by atoms with Gasteiger partial charge in [0, 0.05) is 11.8 Å². The molecule has 0 radical (unpaired) electrons. The van der Waals surface area contributed by atoms with Crippen molar-refractivity contribution < 1.29 is 18.0 Å². The SMILES string of the molecule is O=C(/C=C/c1ccc(Cl)c(C(F)(F)F)c1)Nc1ccc2[nH]c(=O)[nH]c2c1. The highest BCUT2D eigenvalue weighted by Gasteiger charge is 2.33. The molecule has 9 heteroatoms. The lowest BCUT2D eigenvalue weighted by Gasteiger charge is -2.09. The number of imidazole rings is 1. The molecule has 5 nitrogen and oxygen atoms in total. The van der Waals surface area contributed by atoms with Gasteiger partial charge in [0.25, 0.3) is 0 Å². The number of H-pyrrole nitrogens is 2. The average molecular weight is 382 g/mol. The number of carbonyl (C=O) groups is 1. The number of aromatic amines is 2. The second kappa shape index (κ2) is 6.72. The van der Waals surface area contributed by atoms with Crippen molar-refractivity contribution in [1.82, 2.24) is 9.97 Å². The number of hydrogen-bond acceptors (Lipinski definition) is 2. The van der Waals surface area contributed by atoms with Crippen LogP contribution in [0.5, 0.6) is 0 Å². The van der Waals surface area contributed by atoms with Crippen molar-refractivity contribution >= 4 is 40.3 Å². The van der Waals surface area contributed by atoms with Crippen LogP contribution in [-0.2, 0) is 11.0 Å². The molecule has 26 heavy (non-hydrogen) atoms. The summed E-state index contributed by atoms with van der Waals surface area (Å²) in [6.07, 6.45) is -2.23. The van der Waals surface area contributed by atoms with Gasteiger partial charge >= 0.3 is 11.9 Å². The molecule has 1 amide bonds. The van der Waals surface area contributed by atoms with Gasteiger partial charge in [-0.15, -0.1) is 0 Å². The van der Waals surface area contributed by atoms with Gasteiger partial charge in [0.2, 0.25) is 5.91 Å². The summed E-state index contributed by atoms with van der Waals surface area (Å²) in [5, 5.41) is 2.15. The van der Waals surface area contributed by atoms with Crippen LogP contribution in [0.1, 0.15) is 11.1 Å². The normalized spacial score (nSPS) is 12.0. The van der Waals surface area contributed by atoms with Crippen LogP contribution in [0.4, 0.5) is 18.9 Å². The third kappa shape index (κ3) is 3.97. The number of fused-ring (bicyclic) bond motifs is 1. The van der Waals surface area contributed by atoms with Crippen LogP contribution < -0.4 is 11.0 Å². The third-order valence-corrected chi connectivity index (χ3v) is 3.84. The third-order valence-electron chi connectivity index (χ3n) is 3.51. The molecule has 3 rings (SSSR count). The van der Waals surface area contributed by atoms with E-state index in [4.69, 9.17) is 11.6 Å². The van der Waals surface area contributed by atoms with Crippen LogP contribution >= 0.6 is 11.6 Å². The summed E-state index contributed by atoms with van der Waals surface area (Å²) in [5.41, 5.74) is 0.376. The first-order valence-electron chi connectivity index (χ1n) is 7.30. The summed E-state index contributed by atoms with van der Waals surface area (Å²) in [7, 11) is 0. The van der Waals surface area contributed by atoms with Crippen LogP contribution in [0.2, 0.25) is 5.02 Å². The van der Waals surface area contributed by atoms with Gasteiger partial charge in [0.05, 0.1) is 21.6 Å². The summed E-state index contributed by atoms with van der Waals surface area (Å²) in [6, 6.07) is 8.12. The summed E-state index contributed by atoms with van der Waals surface area (Å²) < 4.78 is 38.5. The van der Waals surface area contributed by atoms with Gasteiger partial charge in [-0.25, -0.2) is 4.79 Å². The Morgan fingerprint density at radius 1 is 1.08 bits per heavy atom. The zero-order valence-corrected chi connectivity index (χ0v) is 13.7. The fourth-order valence-electron chi connectivity index (χ4n) is 2.33. The predicted octanol–water partition coefficient (Wildman–Crippen LogP) is 4.18. The fourth-order valence-corrected chi connectivity index (χ4v) is 2.55. The van der Waals surface area contributed by atoms with Gasteiger partial charge in [-0.3, -0.25) is 4.79 Å². The zero-order valence-electron chi connectivity index (χ0n) is 12.9. The number of alkyl halides is 3. The lowest BCUT2D eigenvalue weighted by Crippen LogP contribution is -2.08. The van der Waals surface area contributed by atoms with E-state index in [1.807, 2.05) is 0 Å². The molecule has 0 saturated carbocycles. The second-order valence-electron chi connectivity index (χ2n) is 5.40. The molecular weight excluding hydrogens is 371 g/mol. The van der Waals surface area contributed by atoms with Crippen molar-refractivity contribution in [2.75, 3.05) is 5.32 Å². The molecule has 0 spiro atoms. The van der Waals surface area contributed by atoms with E-state index in [0.717, 1.165) is 18.2 Å². The van der Waals surface area contributed by atoms with Crippen LogP contribution in [0.15, 0.2) is 47.3 Å². The molecule has 1 heterocycles. The molecule has 2 aromatic carbocycles. The Kier molecular flexibility index (Phi) is 4.60. The van der Waals surface area contributed by atoms with Crippen LogP contribution in [0.25, 0.3) is 17.1 Å². The second-order valence-corrected chi connectivity index (χ2v) is 5.81. The van der Waals surface area contributed by atoms with Crippen molar-refractivity contribution in [3.05, 3.63) is 69.1 Å². The van der Waals surface area contributed by atoms with Crippen molar-refractivity contribution in [2.24, 2.45) is 0 Å². The maximum absolute atomic E-state index is 12.8. The molecule has 0 bridgehead atoms. The van der Waals surface area contributed by atoms with E-state index >= 15 is 0 Å². The highest BCUT2D eigenvalue weighted by Crippen LogP contribution is 2.35. The molecule has 0 aliphatic carbocycles. The topological polar surface area (TPSA) is 77.8 Å². The first-order valence-corrected chi connectivity index (χ1v) is 7.68. The maximum Gasteiger partial charge on any atom is 0.417 e. The Bertz CT molecular complexity index is 1070. The maximum atomic E-state index is 12.8. The van der Waals surface area contributed by atoms with Crippen molar-refractivity contribution in [1.29, 1.82) is 0 Å². The largest absolute Gasteiger partial charge is 0.417 e. The first-order chi connectivity index (χ1) is 12.2. The van der Waals surface area contributed by atoms with Crippen LogP contribution in [0.3, 0.4) is 0 Å². The van der Waals surface area contributed by atoms with Crippen molar-refractivity contribution in [3.8, 4) is 0 Å². The molecule has 0 saturated heterocycles. The molecule has 0 unspecified atom stereocenters. The van der Waals surface area contributed by atoms with Gasteiger partial charge in [0.15, 0.2) is 0 Å². The molecule has 0 aliphatic rings. The Balaban J connectivity index is 1.75. The van der Waals surface area contributed by atoms with Gasteiger partial charge in [0.1, 0.15) is 0 Å². The van der Waals surface area contributed by atoms with E-state index in [1.165, 1.54) is 12.1 Å². The van der Waals surface area contributed by atoms with E-state index in [2.05, 4.69) is 15.3 Å². The van der Waals surface area contributed by atoms with Gasteiger partial charge in [-0.05, 0) is 42.0 Å². The van der Waals surface area contributed by atoms with Gasteiger partial charge in [-0.1, -0.05) is 17.7 Å². The standard InChI is InChI=1S/C17H11ClF3N3O2/c18-12-4-1-9(7-11(12)17(19,20)21)2-6-15(25)22-10-3-5-13-14(8-10)24-16(26)23-13/h1-8H,(H,22,25)(H2,23,24,26)/b6-2+. The molecule has 3 aromatic rings. The minimum Gasteiger partial charge on any atom is -0.322 e. The average Bonchev–Trinajstić information content (AvgIpc) is 2.92.